The first-order valence-electron chi connectivity index (χ1n) is 9.07. The summed E-state index contributed by atoms with van der Waals surface area (Å²) in [5, 5.41) is 0.752. The maximum atomic E-state index is 6.26. The Morgan fingerprint density at radius 3 is 2.54 bits per heavy atom. The van der Waals surface area contributed by atoms with Gasteiger partial charge in [0.2, 0.25) is 0 Å². The van der Waals surface area contributed by atoms with Gasteiger partial charge in [-0.3, -0.25) is 0 Å². The lowest BCUT2D eigenvalue weighted by molar-refractivity contribution is 0.633. The highest BCUT2D eigenvalue weighted by molar-refractivity contribution is 7.99. The van der Waals surface area contributed by atoms with Crippen LogP contribution in [0.15, 0.2) is 54.7 Å². The van der Waals surface area contributed by atoms with Crippen LogP contribution in [-0.2, 0) is 0 Å². The van der Waals surface area contributed by atoms with Crippen molar-refractivity contribution in [3.8, 4) is 0 Å². The first-order chi connectivity index (χ1) is 12.7. The van der Waals surface area contributed by atoms with Gasteiger partial charge in [-0.25, -0.2) is 0 Å². The van der Waals surface area contributed by atoms with Crippen LogP contribution in [0, 0.1) is 5.92 Å². The van der Waals surface area contributed by atoms with E-state index in [0.29, 0.717) is 5.92 Å². The highest BCUT2D eigenvalue weighted by atomic mass is 35.5. The SMILES string of the molecule is C=C1c2cc(Cl)ccc2C=C(C2CCCC2)N1c1ccc(NSC)cc1. The molecule has 1 saturated carbocycles. The Balaban J connectivity index is 1.78. The van der Waals surface area contributed by atoms with E-state index >= 15 is 0 Å². The molecule has 0 radical (unpaired) electrons. The topological polar surface area (TPSA) is 15.3 Å². The number of hydrogen-bond acceptors (Lipinski definition) is 3. The molecular formula is C22H23ClN2S. The van der Waals surface area contributed by atoms with E-state index in [9.17, 15) is 0 Å². The summed E-state index contributed by atoms with van der Waals surface area (Å²) in [5.74, 6) is 0.597. The van der Waals surface area contributed by atoms with Crippen molar-refractivity contribution in [2.45, 2.75) is 25.7 Å². The number of rotatable bonds is 4. The average molecular weight is 383 g/mol. The number of anilines is 2. The highest BCUT2D eigenvalue weighted by Crippen LogP contribution is 2.44. The van der Waals surface area contributed by atoms with Crippen molar-refractivity contribution in [3.05, 3.63) is 70.9 Å². The van der Waals surface area contributed by atoms with E-state index in [0.717, 1.165) is 27.7 Å². The highest BCUT2D eigenvalue weighted by Gasteiger charge is 2.30. The molecule has 2 aromatic carbocycles. The molecule has 134 valence electrons. The Kier molecular flexibility index (Phi) is 5.01. The summed E-state index contributed by atoms with van der Waals surface area (Å²) in [7, 11) is 0. The first kappa shape index (κ1) is 17.6. The summed E-state index contributed by atoms with van der Waals surface area (Å²) >= 11 is 7.87. The minimum absolute atomic E-state index is 0.597. The predicted octanol–water partition coefficient (Wildman–Crippen LogP) is 7.05. The van der Waals surface area contributed by atoms with Crippen LogP contribution in [0.1, 0.15) is 36.8 Å². The molecule has 2 aromatic rings. The largest absolute Gasteiger partial charge is 0.330 e. The van der Waals surface area contributed by atoms with Crippen molar-refractivity contribution in [2.24, 2.45) is 5.92 Å². The molecule has 26 heavy (non-hydrogen) atoms. The van der Waals surface area contributed by atoms with Gasteiger partial charge in [-0.15, -0.1) is 0 Å². The summed E-state index contributed by atoms with van der Waals surface area (Å²) in [6.45, 7) is 4.44. The molecule has 1 fully saturated rings. The van der Waals surface area contributed by atoms with Gasteiger partial charge >= 0.3 is 0 Å². The molecule has 4 rings (SSSR count). The van der Waals surface area contributed by atoms with Crippen molar-refractivity contribution in [2.75, 3.05) is 15.9 Å². The van der Waals surface area contributed by atoms with E-state index in [2.05, 4.69) is 52.6 Å². The van der Waals surface area contributed by atoms with E-state index in [-0.39, 0.29) is 0 Å². The van der Waals surface area contributed by atoms with Crippen molar-refractivity contribution in [1.82, 2.24) is 0 Å². The lowest BCUT2D eigenvalue weighted by atomic mass is 9.91. The van der Waals surface area contributed by atoms with Crippen molar-refractivity contribution >= 4 is 46.7 Å². The number of nitrogens with zero attached hydrogens (tertiary/aromatic N) is 1. The van der Waals surface area contributed by atoms with Crippen LogP contribution in [0.3, 0.4) is 0 Å². The van der Waals surface area contributed by atoms with Crippen LogP contribution in [-0.4, -0.2) is 6.26 Å². The molecule has 0 spiro atoms. The zero-order chi connectivity index (χ0) is 18.1. The van der Waals surface area contributed by atoms with Crippen molar-refractivity contribution in [3.63, 3.8) is 0 Å². The van der Waals surface area contributed by atoms with E-state index < -0.39 is 0 Å². The van der Waals surface area contributed by atoms with Crippen molar-refractivity contribution in [1.29, 1.82) is 0 Å². The lowest BCUT2D eigenvalue weighted by Crippen LogP contribution is -2.27. The van der Waals surface area contributed by atoms with Gasteiger partial charge < -0.3 is 9.62 Å². The monoisotopic (exact) mass is 382 g/mol. The molecule has 1 aliphatic carbocycles. The minimum Gasteiger partial charge on any atom is -0.330 e. The van der Waals surface area contributed by atoms with Crippen LogP contribution in [0.25, 0.3) is 11.8 Å². The number of allylic oxidation sites excluding steroid dienone is 1. The third kappa shape index (κ3) is 3.26. The molecule has 0 amide bonds. The van der Waals surface area contributed by atoms with E-state index in [1.165, 1.54) is 36.9 Å². The van der Waals surface area contributed by atoms with Crippen LogP contribution in [0.2, 0.25) is 5.02 Å². The second kappa shape index (κ2) is 7.42. The fraction of sp³-hybridized carbons (Fsp3) is 0.273. The Labute approximate surface area is 165 Å². The molecule has 2 aliphatic rings. The summed E-state index contributed by atoms with van der Waals surface area (Å²) in [5.41, 5.74) is 6.98. The van der Waals surface area contributed by atoms with Gasteiger partial charge in [0.1, 0.15) is 0 Å². The molecule has 2 nitrogen and oxygen atoms in total. The zero-order valence-electron chi connectivity index (χ0n) is 15.0. The smallest absolute Gasteiger partial charge is 0.0465 e. The Morgan fingerprint density at radius 2 is 1.85 bits per heavy atom. The van der Waals surface area contributed by atoms with Gasteiger partial charge in [-0.05, 0) is 66.8 Å². The van der Waals surface area contributed by atoms with Gasteiger partial charge in [0.05, 0.1) is 0 Å². The van der Waals surface area contributed by atoms with Gasteiger partial charge in [0.25, 0.3) is 0 Å². The van der Waals surface area contributed by atoms with E-state index in [4.69, 9.17) is 11.6 Å². The Bertz CT molecular complexity index is 851. The molecule has 1 aliphatic heterocycles. The molecule has 0 aromatic heterocycles. The summed E-state index contributed by atoms with van der Waals surface area (Å²) < 4.78 is 3.28. The average Bonchev–Trinajstić information content (AvgIpc) is 3.18. The van der Waals surface area contributed by atoms with Crippen LogP contribution >= 0.6 is 23.5 Å². The number of benzene rings is 2. The summed E-state index contributed by atoms with van der Waals surface area (Å²) in [4.78, 5) is 2.33. The fourth-order valence-corrected chi connectivity index (χ4v) is 4.57. The van der Waals surface area contributed by atoms with Gasteiger partial charge in [-0.1, -0.05) is 49.0 Å². The first-order valence-corrected chi connectivity index (χ1v) is 10.7. The quantitative estimate of drug-likeness (QED) is 0.570. The molecule has 0 bridgehead atoms. The fourth-order valence-electron chi connectivity index (χ4n) is 4.03. The predicted molar refractivity (Wildman–Crippen MR) is 116 cm³/mol. The van der Waals surface area contributed by atoms with Gasteiger partial charge in [0, 0.05) is 39.6 Å². The molecule has 1 N–H and O–H groups in total. The summed E-state index contributed by atoms with van der Waals surface area (Å²) in [6, 6.07) is 14.7. The normalized spacial score (nSPS) is 17.2. The second-order valence-corrected chi connectivity index (χ2v) is 7.97. The maximum Gasteiger partial charge on any atom is 0.0465 e. The van der Waals surface area contributed by atoms with Crippen LogP contribution < -0.4 is 9.62 Å². The van der Waals surface area contributed by atoms with Crippen LogP contribution in [0.4, 0.5) is 11.4 Å². The molecular weight excluding hydrogens is 360 g/mol. The summed E-state index contributed by atoms with van der Waals surface area (Å²) in [6.07, 6.45) is 9.50. The van der Waals surface area contributed by atoms with Gasteiger partial charge in [-0.2, -0.15) is 0 Å². The maximum absolute atomic E-state index is 6.26. The number of hydrogen-bond donors (Lipinski definition) is 1. The van der Waals surface area contributed by atoms with E-state index in [1.54, 1.807) is 11.9 Å². The Hall–Kier alpha value is -1.84. The van der Waals surface area contributed by atoms with Crippen LogP contribution in [0.5, 0.6) is 0 Å². The molecule has 1 heterocycles. The number of fused-ring (bicyclic) bond motifs is 1. The van der Waals surface area contributed by atoms with E-state index in [1.807, 2.05) is 18.4 Å². The molecule has 4 heteroatoms. The molecule has 0 unspecified atom stereocenters. The van der Waals surface area contributed by atoms with Gasteiger partial charge in [0.15, 0.2) is 0 Å². The minimum atomic E-state index is 0.597. The lowest BCUT2D eigenvalue weighted by Gasteiger charge is -2.36. The zero-order valence-corrected chi connectivity index (χ0v) is 16.5. The standard InChI is InChI=1S/C22H23ClN2S/c1-15-21-14-18(23)8-7-17(21)13-22(16-5-3-4-6-16)25(15)20-11-9-19(10-12-20)24-26-2/h7-14,16,24H,1,3-6H2,2H3. The second-order valence-electron chi connectivity index (χ2n) is 6.92. The third-order valence-corrected chi connectivity index (χ3v) is 5.95. The Morgan fingerprint density at radius 1 is 1.12 bits per heavy atom. The number of halogens is 1. The van der Waals surface area contributed by atoms with Crippen molar-refractivity contribution < 1.29 is 0 Å². The number of nitrogens with one attached hydrogen (secondary N) is 1. The molecule has 0 saturated heterocycles. The third-order valence-electron chi connectivity index (χ3n) is 5.28. The molecule has 0 atom stereocenters.